The third-order valence-electron chi connectivity index (χ3n) is 1.39. The maximum atomic E-state index is 11.5. The van der Waals surface area contributed by atoms with E-state index in [0.29, 0.717) is 12.7 Å². The van der Waals surface area contributed by atoms with Gasteiger partial charge >= 0.3 is 0 Å². The molecule has 8 heavy (non-hydrogen) atoms. The van der Waals surface area contributed by atoms with Gasteiger partial charge in [-0.15, -0.1) is 0 Å². The molecular formula is C5H6F2O. The van der Waals surface area contributed by atoms with Crippen LogP contribution in [0.15, 0.2) is 0 Å². The molecule has 1 saturated carbocycles. The van der Waals surface area contributed by atoms with Gasteiger partial charge in [-0.1, -0.05) is 0 Å². The van der Waals surface area contributed by atoms with Gasteiger partial charge in [0, 0.05) is 11.8 Å². The minimum Gasteiger partial charge on any atom is -0.303 e. The van der Waals surface area contributed by atoms with Crippen molar-refractivity contribution in [1.29, 1.82) is 0 Å². The molecule has 0 heterocycles. The maximum absolute atomic E-state index is 11.5. The number of alkyl halides is 2. The molecule has 2 unspecified atom stereocenters. The first-order chi connectivity index (χ1) is 3.75. The fourth-order valence-electron chi connectivity index (χ4n) is 0.682. The molecule has 1 aliphatic carbocycles. The van der Waals surface area contributed by atoms with Gasteiger partial charge in [-0.3, -0.25) is 0 Å². The third kappa shape index (κ3) is 0.854. The predicted molar refractivity (Wildman–Crippen MR) is 23.7 cm³/mol. The van der Waals surface area contributed by atoms with E-state index in [1.165, 1.54) is 0 Å². The summed E-state index contributed by atoms with van der Waals surface area (Å²) >= 11 is 0. The molecule has 1 rings (SSSR count). The van der Waals surface area contributed by atoms with Gasteiger partial charge in [0.2, 0.25) is 6.43 Å². The van der Waals surface area contributed by atoms with Crippen LogP contribution in [0.5, 0.6) is 0 Å². The summed E-state index contributed by atoms with van der Waals surface area (Å²) in [6.45, 7) is 0. The fraction of sp³-hybridized carbons (Fsp3) is 0.800. The predicted octanol–water partition coefficient (Wildman–Crippen LogP) is 1.09. The van der Waals surface area contributed by atoms with Crippen LogP contribution in [0.4, 0.5) is 8.78 Å². The van der Waals surface area contributed by atoms with Crippen molar-refractivity contribution in [3.05, 3.63) is 0 Å². The van der Waals surface area contributed by atoms with Gasteiger partial charge in [0.05, 0.1) is 0 Å². The van der Waals surface area contributed by atoms with E-state index in [1.807, 2.05) is 0 Å². The lowest BCUT2D eigenvalue weighted by atomic mass is 10.3. The monoisotopic (exact) mass is 120 g/mol. The van der Waals surface area contributed by atoms with Crippen LogP contribution in [0.25, 0.3) is 0 Å². The average molecular weight is 120 g/mol. The first-order valence-electron chi connectivity index (χ1n) is 2.49. The van der Waals surface area contributed by atoms with Gasteiger partial charge in [0.1, 0.15) is 6.29 Å². The van der Waals surface area contributed by atoms with Crippen LogP contribution >= 0.6 is 0 Å². The molecule has 2 atom stereocenters. The Kier molecular flexibility index (Phi) is 1.27. The van der Waals surface area contributed by atoms with Crippen LogP contribution in [0, 0.1) is 11.8 Å². The summed E-state index contributed by atoms with van der Waals surface area (Å²) in [6.07, 6.45) is -1.29. The normalized spacial score (nSPS) is 35.4. The lowest BCUT2D eigenvalue weighted by Crippen LogP contribution is -1.95. The number of halogens is 2. The molecular weight excluding hydrogens is 114 g/mol. The number of carbonyl (C=O) groups excluding carboxylic acids is 1. The minimum atomic E-state index is -2.29. The minimum absolute atomic E-state index is 0.338. The Morgan fingerprint density at radius 2 is 2.25 bits per heavy atom. The summed E-state index contributed by atoms with van der Waals surface area (Å²) in [5.41, 5.74) is 0. The van der Waals surface area contributed by atoms with Crippen LogP contribution < -0.4 is 0 Å². The highest BCUT2D eigenvalue weighted by Gasteiger charge is 2.43. The number of rotatable bonds is 2. The SMILES string of the molecule is O=CC1CC1C(F)F. The fourth-order valence-corrected chi connectivity index (χ4v) is 0.682. The highest BCUT2D eigenvalue weighted by atomic mass is 19.3. The highest BCUT2D eigenvalue weighted by Crippen LogP contribution is 2.41. The Labute approximate surface area is 45.7 Å². The summed E-state index contributed by atoms with van der Waals surface area (Å²) in [7, 11) is 0. The Bertz CT molecular complexity index is 103. The van der Waals surface area contributed by atoms with Crippen molar-refractivity contribution in [3.63, 3.8) is 0 Å². The van der Waals surface area contributed by atoms with Gasteiger partial charge in [0.15, 0.2) is 0 Å². The Hall–Kier alpha value is -0.470. The van der Waals surface area contributed by atoms with Crippen molar-refractivity contribution in [1.82, 2.24) is 0 Å². The summed E-state index contributed by atoms with van der Waals surface area (Å²) < 4.78 is 23.0. The lowest BCUT2D eigenvalue weighted by Gasteiger charge is -1.88. The lowest BCUT2D eigenvalue weighted by molar-refractivity contribution is -0.109. The van der Waals surface area contributed by atoms with E-state index in [9.17, 15) is 13.6 Å². The molecule has 0 radical (unpaired) electrons. The molecule has 0 bridgehead atoms. The van der Waals surface area contributed by atoms with Crippen molar-refractivity contribution in [2.75, 3.05) is 0 Å². The first-order valence-corrected chi connectivity index (χ1v) is 2.49. The van der Waals surface area contributed by atoms with Crippen molar-refractivity contribution >= 4 is 6.29 Å². The Morgan fingerprint density at radius 1 is 1.62 bits per heavy atom. The maximum Gasteiger partial charge on any atom is 0.242 e. The molecule has 1 aliphatic rings. The Morgan fingerprint density at radius 3 is 2.38 bits per heavy atom. The number of carbonyl (C=O) groups is 1. The average Bonchev–Trinajstić information content (AvgIpc) is 2.42. The zero-order valence-electron chi connectivity index (χ0n) is 4.18. The second-order valence-electron chi connectivity index (χ2n) is 2.03. The van der Waals surface area contributed by atoms with Crippen molar-refractivity contribution in [3.8, 4) is 0 Å². The standard InChI is InChI=1S/C5H6F2O/c6-5(7)4-1-3(4)2-8/h2-5H,1H2. The molecule has 1 fully saturated rings. The second-order valence-corrected chi connectivity index (χ2v) is 2.03. The topological polar surface area (TPSA) is 17.1 Å². The smallest absolute Gasteiger partial charge is 0.242 e. The van der Waals surface area contributed by atoms with Crippen LogP contribution in [-0.4, -0.2) is 12.7 Å². The van der Waals surface area contributed by atoms with Crippen LogP contribution in [0.3, 0.4) is 0 Å². The summed E-state index contributed by atoms with van der Waals surface area (Å²) in [5.74, 6) is -0.956. The largest absolute Gasteiger partial charge is 0.303 e. The van der Waals surface area contributed by atoms with Gasteiger partial charge in [-0.25, -0.2) is 8.78 Å². The van der Waals surface area contributed by atoms with E-state index in [-0.39, 0.29) is 5.92 Å². The van der Waals surface area contributed by atoms with E-state index in [1.54, 1.807) is 0 Å². The molecule has 3 heteroatoms. The van der Waals surface area contributed by atoms with Gasteiger partial charge in [-0.05, 0) is 6.42 Å². The van der Waals surface area contributed by atoms with E-state index in [4.69, 9.17) is 0 Å². The quantitative estimate of drug-likeness (QED) is 0.498. The molecule has 46 valence electrons. The molecule has 0 aromatic carbocycles. The third-order valence-corrected chi connectivity index (χ3v) is 1.39. The van der Waals surface area contributed by atoms with Gasteiger partial charge < -0.3 is 4.79 Å². The molecule has 0 aromatic heterocycles. The van der Waals surface area contributed by atoms with Gasteiger partial charge in [-0.2, -0.15) is 0 Å². The molecule has 0 aromatic rings. The number of hydrogen-bond acceptors (Lipinski definition) is 1. The summed E-state index contributed by atoms with van der Waals surface area (Å²) in [4.78, 5) is 9.75. The summed E-state index contributed by atoms with van der Waals surface area (Å²) in [5, 5.41) is 0. The first kappa shape index (κ1) is 5.66. The van der Waals surface area contributed by atoms with E-state index in [2.05, 4.69) is 0 Å². The number of aldehydes is 1. The molecule has 0 saturated heterocycles. The molecule has 1 nitrogen and oxygen atoms in total. The van der Waals surface area contributed by atoms with Crippen LogP contribution in [-0.2, 0) is 4.79 Å². The van der Waals surface area contributed by atoms with Crippen molar-refractivity contribution in [2.24, 2.45) is 11.8 Å². The summed E-state index contributed by atoms with van der Waals surface area (Å²) in [6, 6.07) is 0. The van der Waals surface area contributed by atoms with Crippen LogP contribution in [0.2, 0.25) is 0 Å². The molecule has 0 N–H and O–H groups in total. The van der Waals surface area contributed by atoms with E-state index >= 15 is 0 Å². The highest BCUT2D eigenvalue weighted by molar-refractivity contribution is 5.58. The number of hydrogen-bond donors (Lipinski definition) is 0. The van der Waals surface area contributed by atoms with Gasteiger partial charge in [0.25, 0.3) is 0 Å². The van der Waals surface area contributed by atoms with Crippen molar-refractivity contribution < 1.29 is 13.6 Å². The zero-order valence-corrected chi connectivity index (χ0v) is 4.18. The van der Waals surface area contributed by atoms with E-state index < -0.39 is 12.3 Å². The Balaban J connectivity index is 2.26. The second kappa shape index (κ2) is 1.80. The molecule has 0 spiro atoms. The molecule has 0 aliphatic heterocycles. The van der Waals surface area contributed by atoms with Crippen molar-refractivity contribution in [2.45, 2.75) is 12.8 Å². The molecule has 0 amide bonds. The van der Waals surface area contributed by atoms with Crippen LogP contribution in [0.1, 0.15) is 6.42 Å². The zero-order chi connectivity index (χ0) is 6.15. The van der Waals surface area contributed by atoms with E-state index in [0.717, 1.165) is 0 Å².